The van der Waals surface area contributed by atoms with Gasteiger partial charge in [-0.2, -0.15) is 0 Å². The van der Waals surface area contributed by atoms with Crippen molar-refractivity contribution in [3.8, 4) is 0 Å². The van der Waals surface area contributed by atoms with E-state index in [2.05, 4.69) is 11.9 Å². The van der Waals surface area contributed by atoms with Gasteiger partial charge in [0, 0.05) is 52.2 Å². The summed E-state index contributed by atoms with van der Waals surface area (Å²) in [4.78, 5) is 12.6. The molecule has 1 aliphatic heterocycles. The zero-order valence-electron chi connectivity index (χ0n) is 21.0. The van der Waals surface area contributed by atoms with E-state index in [4.69, 9.17) is 18.9 Å². The largest absolute Gasteiger partial charge is 0.392 e. The summed E-state index contributed by atoms with van der Waals surface area (Å²) in [5.74, 6) is -1.89. The van der Waals surface area contributed by atoms with Gasteiger partial charge in [0.1, 0.15) is 0 Å². The lowest BCUT2D eigenvalue weighted by Gasteiger charge is -2.44. The minimum atomic E-state index is -1.49. The minimum absolute atomic E-state index is 0.105. The highest BCUT2D eigenvalue weighted by atomic mass is 16.7. The fraction of sp³-hybridized carbons (Fsp3) is 0.875. The molecule has 0 spiro atoms. The normalized spacial score (nSPS) is 27.1. The molecule has 6 atom stereocenters. The first kappa shape index (κ1) is 29.0. The number of nitrogens with one attached hydrogen (secondary N) is 1. The van der Waals surface area contributed by atoms with Gasteiger partial charge >= 0.3 is 0 Å². The van der Waals surface area contributed by atoms with Crippen molar-refractivity contribution in [1.82, 2.24) is 5.32 Å². The maximum atomic E-state index is 12.6. The first-order chi connectivity index (χ1) is 15.0. The van der Waals surface area contributed by atoms with E-state index >= 15 is 0 Å². The average molecular weight is 460 g/mol. The standard InChI is InChI=1S/C24H45NO7/c1-16-15-24(31-8,32-18(3)17(16)2)21(27)22(28)25-13-9-11-19(26)23(4,5)20(30-7)12-10-14-29-6/h17-21,26-27H,1,9-15H2,2-8H3,(H,25,28)/t17-,18-,19-,20-,21-,24-/m1/s1. The van der Waals surface area contributed by atoms with E-state index < -0.39 is 29.3 Å². The lowest BCUT2D eigenvalue weighted by atomic mass is 9.77. The van der Waals surface area contributed by atoms with Gasteiger partial charge in [-0.1, -0.05) is 32.9 Å². The van der Waals surface area contributed by atoms with Crippen molar-refractivity contribution in [2.75, 3.05) is 34.5 Å². The highest BCUT2D eigenvalue weighted by Gasteiger charge is 2.49. The Morgan fingerprint density at radius 1 is 1.25 bits per heavy atom. The van der Waals surface area contributed by atoms with Crippen molar-refractivity contribution < 1.29 is 34.0 Å². The minimum Gasteiger partial charge on any atom is -0.392 e. The van der Waals surface area contributed by atoms with Gasteiger partial charge in [0.25, 0.3) is 5.91 Å². The van der Waals surface area contributed by atoms with E-state index in [-0.39, 0.29) is 24.5 Å². The summed E-state index contributed by atoms with van der Waals surface area (Å²) in [6, 6.07) is 0. The van der Waals surface area contributed by atoms with E-state index in [0.717, 1.165) is 18.4 Å². The van der Waals surface area contributed by atoms with E-state index in [1.807, 2.05) is 27.7 Å². The molecule has 1 saturated heterocycles. The van der Waals surface area contributed by atoms with Gasteiger partial charge in [-0.3, -0.25) is 4.79 Å². The number of rotatable bonds is 14. The molecule has 0 aliphatic carbocycles. The van der Waals surface area contributed by atoms with Crippen LogP contribution in [0, 0.1) is 11.3 Å². The predicted octanol–water partition coefficient (Wildman–Crippen LogP) is 2.42. The third kappa shape index (κ3) is 7.23. The molecular weight excluding hydrogens is 414 g/mol. The second-order valence-corrected chi connectivity index (χ2v) is 9.49. The van der Waals surface area contributed by atoms with Crippen molar-refractivity contribution in [2.24, 2.45) is 11.3 Å². The number of aliphatic hydroxyl groups excluding tert-OH is 2. The van der Waals surface area contributed by atoms with Crippen molar-refractivity contribution in [3.63, 3.8) is 0 Å². The van der Waals surface area contributed by atoms with Crippen LogP contribution in [-0.4, -0.2) is 80.8 Å². The van der Waals surface area contributed by atoms with Gasteiger partial charge in [-0.15, -0.1) is 0 Å². The van der Waals surface area contributed by atoms with Gasteiger partial charge in [0.15, 0.2) is 6.10 Å². The van der Waals surface area contributed by atoms with Crippen LogP contribution in [-0.2, 0) is 23.7 Å². The van der Waals surface area contributed by atoms with Gasteiger partial charge in [0.05, 0.1) is 18.3 Å². The summed E-state index contributed by atoms with van der Waals surface area (Å²) in [5.41, 5.74) is 0.427. The van der Waals surface area contributed by atoms with Crippen molar-refractivity contribution in [2.45, 2.75) is 90.0 Å². The molecular formula is C24H45NO7. The monoisotopic (exact) mass is 459 g/mol. The summed E-state index contributed by atoms with van der Waals surface area (Å²) in [6.07, 6.45) is 0.515. The second-order valence-electron chi connectivity index (χ2n) is 9.49. The summed E-state index contributed by atoms with van der Waals surface area (Å²) in [7, 11) is 4.74. The molecule has 0 radical (unpaired) electrons. The van der Waals surface area contributed by atoms with E-state index in [1.165, 1.54) is 7.11 Å². The van der Waals surface area contributed by atoms with Gasteiger partial charge in [-0.05, 0) is 32.6 Å². The molecule has 8 nitrogen and oxygen atoms in total. The van der Waals surface area contributed by atoms with Crippen LogP contribution in [0.3, 0.4) is 0 Å². The van der Waals surface area contributed by atoms with Crippen LogP contribution in [0.15, 0.2) is 12.2 Å². The Morgan fingerprint density at radius 3 is 2.44 bits per heavy atom. The highest BCUT2D eigenvalue weighted by molar-refractivity contribution is 5.81. The fourth-order valence-electron chi connectivity index (χ4n) is 4.26. The molecule has 0 saturated carbocycles. The summed E-state index contributed by atoms with van der Waals surface area (Å²) in [6.45, 7) is 12.9. The summed E-state index contributed by atoms with van der Waals surface area (Å²) in [5, 5.41) is 24.2. The van der Waals surface area contributed by atoms with Crippen LogP contribution in [0.2, 0.25) is 0 Å². The quantitative estimate of drug-likeness (QED) is 0.270. The Morgan fingerprint density at radius 2 is 1.91 bits per heavy atom. The molecule has 1 fully saturated rings. The number of hydrogen-bond donors (Lipinski definition) is 3. The van der Waals surface area contributed by atoms with Crippen LogP contribution >= 0.6 is 0 Å². The third-order valence-corrected chi connectivity index (χ3v) is 6.96. The molecule has 188 valence electrons. The maximum Gasteiger partial charge on any atom is 0.254 e. The van der Waals surface area contributed by atoms with E-state index in [9.17, 15) is 15.0 Å². The lowest BCUT2D eigenvalue weighted by molar-refractivity contribution is -0.297. The van der Waals surface area contributed by atoms with Gasteiger partial charge in [0.2, 0.25) is 5.79 Å². The van der Waals surface area contributed by atoms with Crippen LogP contribution in [0.5, 0.6) is 0 Å². The molecule has 0 bridgehead atoms. The highest BCUT2D eigenvalue weighted by Crippen LogP contribution is 2.38. The smallest absolute Gasteiger partial charge is 0.254 e. The molecule has 0 aromatic heterocycles. The second kappa shape index (κ2) is 13.0. The molecule has 1 rings (SSSR count). The zero-order valence-corrected chi connectivity index (χ0v) is 21.0. The number of ether oxygens (including phenoxy) is 4. The fourth-order valence-corrected chi connectivity index (χ4v) is 4.26. The lowest BCUT2D eigenvalue weighted by Crippen LogP contribution is -2.58. The van der Waals surface area contributed by atoms with Crippen LogP contribution in [0.4, 0.5) is 0 Å². The average Bonchev–Trinajstić information content (AvgIpc) is 2.76. The SMILES string of the molecule is C=C1C[C@](OC)([C@H](O)C(=O)NCCC[C@@H](O)C(C)(C)[C@@H](CCCOC)OC)O[C@H](C)[C@@H]1C. The Balaban J connectivity index is 2.56. The van der Waals surface area contributed by atoms with E-state index in [1.54, 1.807) is 14.2 Å². The third-order valence-electron chi connectivity index (χ3n) is 6.96. The Bertz CT molecular complexity index is 597. The molecule has 1 heterocycles. The van der Waals surface area contributed by atoms with Crippen molar-refractivity contribution in [3.05, 3.63) is 12.2 Å². The predicted molar refractivity (Wildman–Crippen MR) is 123 cm³/mol. The summed E-state index contributed by atoms with van der Waals surface area (Å²) >= 11 is 0. The molecule has 1 amide bonds. The number of carbonyl (C=O) groups excluding carboxylic acids is 1. The Labute approximate surface area is 193 Å². The molecule has 8 heteroatoms. The number of carbonyl (C=O) groups is 1. The molecule has 32 heavy (non-hydrogen) atoms. The first-order valence-corrected chi connectivity index (χ1v) is 11.5. The first-order valence-electron chi connectivity index (χ1n) is 11.5. The Hall–Kier alpha value is -1.03. The molecule has 3 N–H and O–H groups in total. The van der Waals surface area contributed by atoms with E-state index in [0.29, 0.717) is 26.0 Å². The maximum absolute atomic E-state index is 12.6. The number of aliphatic hydroxyl groups is 2. The summed E-state index contributed by atoms with van der Waals surface area (Å²) < 4.78 is 22.1. The number of methoxy groups -OCH3 is 3. The zero-order chi connectivity index (χ0) is 24.5. The van der Waals surface area contributed by atoms with Crippen molar-refractivity contribution in [1.29, 1.82) is 0 Å². The molecule has 1 aliphatic rings. The molecule has 0 aromatic rings. The van der Waals surface area contributed by atoms with Crippen molar-refractivity contribution >= 4 is 5.91 Å². The van der Waals surface area contributed by atoms with Crippen LogP contribution in [0.1, 0.15) is 59.8 Å². The number of hydrogen-bond acceptors (Lipinski definition) is 7. The Kier molecular flexibility index (Phi) is 11.8. The molecule has 0 unspecified atom stereocenters. The van der Waals surface area contributed by atoms with Crippen LogP contribution < -0.4 is 5.32 Å². The van der Waals surface area contributed by atoms with Crippen LogP contribution in [0.25, 0.3) is 0 Å². The topological polar surface area (TPSA) is 106 Å². The van der Waals surface area contributed by atoms with Gasteiger partial charge < -0.3 is 34.5 Å². The number of amides is 1. The van der Waals surface area contributed by atoms with Gasteiger partial charge in [-0.25, -0.2) is 0 Å². The molecule has 0 aromatic carbocycles.